The summed E-state index contributed by atoms with van der Waals surface area (Å²) in [5.41, 5.74) is -0.827. The molecule has 2 N–H and O–H groups in total. The third-order valence-electron chi connectivity index (χ3n) is 3.10. The van der Waals surface area contributed by atoms with E-state index in [4.69, 9.17) is 0 Å². The lowest BCUT2D eigenvalue weighted by atomic mass is 10.1. The summed E-state index contributed by atoms with van der Waals surface area (Å²) in [6.07, 6.45) is -2.33. The number of hydrogen-bond donors (Lipinski definition) is 2. The van der Waals surface area contributed by atoms with Gasteiger partial charge < -0.3 is 10.6 Å². The molecule has 19 heavy (non-hydrogen) atoms. The van der Waals surface area contributed by atoms with Crippen LogP contribution in [-0.2, 0) is 6.18 Å². The zero-order valence-electron chi connectivity index (χ0n) is 10.5. The van der Waals surface area contributed by atoms with Gasteiger partial charge in [-0.25, -0.2) is 0 Å². The smallest absolute Gasteiger partial charge is 0.388 e. The molecule has 0 unspecified atom stereocenters. The first-order valence-corrected chi connectivity index (χ1v) is 6.09. The van der Waals surface area contributed by atoms with Crippen LogP contribution in [0, 0.1) is 5.92 Å². The van der Waals surface area contributed by atoms with E-state index in [1.54, 1.807) is 0 Å². The van der Waals surface area contributed by atoms with Gasteiger partial charge in [-0.15, -0.1) is 0 Å². The fraction of sp³-hybridized carbons (Fsp3) is 0.462. The maximum Gasteiger partial charge on any atom is 0.418 e. The third kappa shape index (κ3) is 3.39. The molecular weight excluding hydrogens is 257 g/mol. The largest absolute Gasteiger partial charge is 0.418 e. The first-order valence-electron chi connectivity index (χ1n) is 6.09. The number of carbonyl (C=O) groups excluding carboxylic acids is 1. The SMILES string of the molecule is CNc1ccc(C(=O)NCC2CC2)cc1C(F)(F)F. The molecule has 1 saturated carbocycles. The third-order valence-corrected chi connectivity index (χ3v) is 3.10. The van der Waals surface area contributed by atoms with Gasteiger partial charge in [0, 0.05) is 24.8 Å². The molecule has 104 valence electrons. The van der Waals surface area contributed by atoms with Crippen molar-refractivity contribution in [2.24, 2.45) is 5.92 Å². The summed E-state index contributed by atoms with van der Waals surface area (Å²) in [4.78, 5) is 11.8. The molecule has 1 aliphatic carbocycles. The molecule has 1 fully saturated rings. The van der Waals surface area contributed by atoms with Crippen molar-refractivity contribution in [1.29, 1.82) is 0 Å². The van der Waals surface area contributed by atoms with E-state index in [-0.39, 0.29) is 11.3 Å². The lowest BCUT2D eigenvalue weighted by Gasteiger charge is -2.14. The first kappa shape index (κ1) is 13.7. The van der Waals surface area contributed by atoms with Gasteiger partial charge in [0.1, 0.15) is 0 Å². The molecule has 2 rings (SSSR count). The summed E-state index contributed by atoms with van der Waals surface area (Å²) in [5.74, 6) is 0.0303. The second-order valence-electron chi connectivity index (χ2n) is 4.66. The van der Waals surface area contributed by atoms with Gasteiger partial charge in [0.15, 0.2) is 0 Å². The molecule has 3 nitrogen and oxygen atoms in total. The van der Waals surface area contributed by atoms with Gasteiger partial charge in [0.2, 0.25) is 0 Å². The number of anilines is 1. The van der Waals surface area contributed by atoms with Crippen molar-refractivity contribution in [2.75, 3.05) is 18.9 Å². The Bertz CT molecular complexity index is 481. The Morgan fingerprint density at radius 1 is 1.37 bits per heavy atom. The van der Waals surface area contributed by atoms with Crippen LogP contribution >= 0.6 is 0 Å². The van der Waals surface area contributed by atoms with E-state index in [2.05, 4.69) is 10.6 Å². The maximum atomic E-state index is 12.8. The van der Waals surface area contributed by atoms with E-state index < -0.39 is 17.6 Å². The van der Waals surface area contributed by atoms with Gasteiger partial charge in [-0.3, -0.25) is 4.79 Å². The van der Waals surface area contributed by atoms with Crippen molar-refractivity contribution >= 4 is 11.6 Å². The highest BCUT2D eigenvalue weighted by molar-refractivity contribution is 5.95. The predicted octanol–water partition coefficient (Wildman–Crippen LogP) is 2.89. The predicted molar refractivity (Wildman–Crippen MR) is 66.0 cm³/mol. The summed E-state index contributed by atoms with van der Waals surface area (Å²) in [7, 11) is 1.41. The Morgan fingerprint density at radius 2 is 2.05 bits per heavy atom. The van der Waals surface area contributed by atoms with E-state index >= 15 is 0 Å². The van der Waals surface area contributed by atoms with Crippen molar-refractivity contribution in [1.82, 2.24) is 5.32 Å². The molecule has 0 aromatic heterocycles. The summed E-state index contributed by atoms with van der Waals surface area (Å²) in [6, 6.07) is 3.55. The second-order valence-corrected chi connectivity index (χ2v) is 4.66. The Morgan fingerprint density at radius 3 is 2.58 bits per heavy atom. The molecule has 6 heteroatoms. The zero-order chi connectivity index (χ0) is 14.0. The molecule has 1 aromatic rings. The van der Waals surface area contributed by atoms with E-state index in [1.807, 2.05) is 0 Å². The Hall–Kier alpha value is -1.72. The number of halogens is 3. The summed E-state index contributed by atoms with van der Waals surface area (Å²) in [5, 5.41) is 5.13. The Kier molecular flexibility index (Phi) is 3.68. The average Bonchev–Trinajstić information content (AvgIpc) is 3.18. The standard InChI is InChI=1S/C13H15F3N2O/c1-17-11-5-4-9(6-10(11)13(14,15)16)12(19)18-7-8-2-3-8/h4-6,8,17H,2-3,7H2,1H3,(H,18,19). The van der Waals surface area contributed by atoms with Crippen molar-refractivity contribution < 1.29 is 18.0 Å². The number of nitrogens with one attached hydrogen (secondary N) is 2. The molecule has 0 atom stereocenters. The van der Waals surface area contributed by atoms with E-state index in [1.165, 1.54) is 19.2 Å². The van der Waals surface area contributed by atoms with E-state index in [0.29, 0.717) is 12.5 Å². The highest BCUT2D eigenvalue weighted by Crippen LogP contribution is 2.35. The fourth-order valence-corrected chi connectivity index (χ4v) is 1.80. The highest BCUT2D eigenvalue weighted by Gasteiger charge is 2.34. The van der Waals surface area contributed by atoms with E-state index in [0.717, 1.165) is 18.9 Å². The van der Waals surface area contributed by atoms with Gasteiger partial charge in [0.25, 0.3) is 5.91 Å². The molecule has 1 aliphatic rings. The van der Waals surface area contributed by atoms with Gasteiger partial charge >= 0.3 is 6.18 Å². The molecule has 0 radical (unpaired) electrons. The summed E-state index contributed by atoms with van der Waals surface area (Å²) < 4.78 is 38.5. The highest BCUT2D eigenvalue weighted by atomic mass is 19.4. The van der Waals surface area contributed by atoms with Gasteiger partial charge in [-0.1, -0.05) is 0 Å². The molecule has 0 saturated heterocycles. The van der Waals surface area contributed by atoms with Crippen molar-refractivity contribution in [3.63, 3.8) is 0 Å². The molecule has 0 aliphatic heterocycles. The molecular formula is C13H15F3N2O. The van der Waals surface area contributed by atoms with Crippen molar-refractivity contribution in [3.05, 3.63) is 29.3 Å². The maximum absolute atomic E-state index is 12.8. The molecule has 1 aromatic carbocycles. The topological polar surface area (TPSA) is 41.1 Å². The van der Waals surface area contributed by atoms with Crippen LogP contribution in [0.3, 0.4) is 0 Å². The van der Waals surface area contributed by atoms with Crippen LogP contribution in [0.1, 0.15) is 28.8 Å². The van der Waals surface area contributed by atoms with Crippen LogP contribution < -0.4 is 10.6 Å². The van der Waals surface area contributed by atoms with Crippen LogP contribution in [0.2, 0.25) is 0 Å². The van der Waals surface area contributed by atoms with Crippen LogP contribution in [0.15, 0.2) is 18.2 Å². The first-order chi connectivity index (χ1) is 8.91. The summed E-state index contributed by atoms with van der Waals surface area (Å²) >= 11 is 0. The van der Waals surface area contributed by atoms with Crippen LogP contribution in [0.4, 0.5) is 18.9 Å². The van der Waals surface area contributed by atoms with Gasteiger partial charge in [0.05, 0.1) is 5.56 Å². The number of hydrogen-bond acceptors (Lipinski definition) is 2. The number of carbonyl (C=O) groups is 1. The Balaban J connectivity index is 2.18. The number of rotatable bonds is 4. The number of alkyl halides is 3. The monoisotopic (exact) mass is 272 g/mol. The minimum atomic E-state index is -4.48. The number of benzene rings is 1. The number of amides is 1. The second kappa shape index (κ2) is 5.11. The average molecular weight is 272 g/mol. The lowest BCUT2D eigenvalue weighted by molar-refractivity contribution is -0.136. The van der Waals surface area contributed by atoms with Gasteiger partial charge in [-0.2, -0.15) is 13.2 Å². The van der Waals surface area contributed by atoms with Crippen molar-refractivity contribution in [2.45, 2.75) is 19.0 Å². The molecule has 0 spiro atoms. The molecule has 1 amide bonds. The molecule has 0 bridgehead atoms. The van der Waals surface area contributed by atoms with Crippen LogP contribution in [0.25, 0.3) is 0 Å². The summed E-state index contributed by atoms with van der Waals surface area (Å²) in [6.45, 7) is 0.536. The lowest BCUT2D eigenvalue weighted by Crippen LogP contribution is -2.26. The van der Waals surface area contributed by atoms with Crippen LogP contribution in [-0.4, -0.2) is 19.5 Å². The van der Waals surface area contributed by atoms with E-state index in [9.17, 15) is 18.0 Å². The van der Waals surface area contributed by atoms with Gasteiger partial charge in [-0.05, 0) is 37.0 Å². The fourth-order valence-electron chi connectivity index (χ4n) is 1.80. The van der Waals surface area contributed by atoms with Crippen LogP contribution in [0.5, 0.6) is 0 Å². The zero-order valence-corrected chi connectivity index (χ0v) is 10.5. The van der Waals surface area contributed by atoms with Crippen molar-refractivity contribution in [3.8, 4) is 0 Å². The normalized spacial score (nSPS) is 15.2. The Labute approximate surface area is 109 Å². The quantitative estimate of drug-likeness (QED) is 0.885. The minimum Gasteiger partial charge on any atom is -0.388 e. The minimum absolute atomic E-state index is 0.0342. The molecule has 0 heterocycles.